The van der Waals surface area contributed by atoms with Crippen molar-refractivity contribution in [3.8, 4) is 0 Å². The summed E-state index contributed by atoms with van der Waals surface area (Å²) in [6.45, 7) is 0. The number of imidazole rings is 1. The molecule has 1 aromatic carbocycles. The smallest absolute Gasteiger partial charge is 0.201 e. The van der Waals surface area contributed by atoms with E-state index in [1.54, 1.807) is 0 Å². The first-order chi connectivity index (χ1) is 8.33. The van der Waals surface area contributed by atoms with Gasteiger partial charge in [0.1, 0.15) is 0 Å². The molecule has 4 rings (SSSR count). The normalized spacial score (nSPS) is 31.4. The standard InChI is InChI=1S/C13H15N3O/c14-13-15-9-3-1-2-4-10(9)16(13)11-7-8-5-6-12(11)17-8/h1-4,8,11-12H,5-7H2,(H2,14,15). The Kier molecular flexibility index (Phi) is 1.80. The molecule has 88 valence electrons. The minimum atomic E-state index is 0.333. The number of para-hydroxylation sites is 2. The molecule has 0 radical (unpaired) electrons. The number of ether oxygens (including phenoxy) is 1. The number of rotatable bonds is 1. The first-order valence-electron chi connectivity index (χ1n) is 6.21. The molecule has 4 nitrogen and oxygen atoms in total. The Morgan fingerprint density at radius 2 is 2.18 bits per heavy atom. The van der Waals surface area contributed by atoms with Gasteiger partial charge in [-0.1, -0.05) is 12.1 Å². The van der Waals surface area contributed by atoms with Gasteiger partial charge in [-0.3, -0.25) is 0 Å². The van der Waals surface area contributed by atoms with E-state index in [0.717, 1.165) is 23.9 Å². The van der Waals surface area contributed by atoms with Gasteiger partial charge in [0.2, 0.25) is 5.95 Å². The summed E-state index contributed by atoms with van der Waals surface area (Å²) in [7, 11) is 0. The number of nitrogen functional groups attached to an aromatic ring is 1. The Hall–Kier alpha value is -1.55. The summed E-state index contributed by atoms with van der Waals surface area (Å²) in [5.74, 6) is 0.618. The highest BCUT2D eigenvalue weighted by Gasteiger charge is 2.42. The van der Waals surface area contributed by atoms with E-state index in [-0.39, 0.29) is 0 Å². The van der Waals surface area contributed by atoms with Crippen LogP contribution >= 0.6 is 0 Å². The molecule has 0 amide bonds. The molecule has 3 heterocycles. The Balaban J connectivity index is 1.87. The molecule has 0 saturated carbocycles. The second-order valence-electron chi connectivity index (χ2n) is 5.01. The fraction of sp³-hybridized carbons (Fsp3) is 0.462. The van der Waals surface area contributed by atoms with Crippen LogP contribution in [0.3, 0.4) is 0 Å². The molecule has 0 aliphatic carbocycles. The number of nitrogens with zero attached hydrogens (tertiary/aromatic N) is 2. The van der Waals surface area contributed by atoms with Crippen LogP contribution in [-0.4, -0.2) is 21.8 Å². The lowest BCUT2D eigenvalue weighted by Crippen LogP contribution is -2.22. The van der Waals surface area contributed by atoms with E-state index in [1.165, 1.54) is 6.42 Å². The van der Waals surface area contributed by atoms with E-state index in [4.69, 9.17) is 10.5 Å². The van der Waals surface area contributed by atoms with Gasteiger partial charge in [0.05, 0.1) is 29.3 Å². The van der Waals surface area contributed by atoms with Gasteiger partial charge in [-0.15, -0.1) is 0 Å². The molecule has 4 heteroatoms. The van der Waals surface area contributed by atoms with Gasteiger partial charge >= 0.3 is 0 Å². The number of hydrogen-bond donors (Lipinski definition) is 1. The highest BCUT2D eigenvalue weighted by molar-refractivity contribution is 5.78. The number of aromatic nitrogens is 2. The molecule has 2 aliphatic heterocycles. The minimum absolute atomic E-state index is 0.333. The highest BCUT2D eigenvalue weighted by atomic mass is 16.5. The predicted octanol–water partition coefficient (Wildman–Crippen LogP) is 2.11. The van der Waals surface area contributed by atoms with Crippen LogP contribution in [0.1, 0.15) is 25.3 Å². The van der Waals surface area contributed by atoms with Crippen LogP contribution in [0.4, 0.5) is 5.95 Å². The first kappa shape index (κ1) is 9.48. The average Bonchev–Trinajstić information content (AvgIpc) is 2.99. The third-order valence-corrected chi connectivity index (χ3v) is 4.03. The molecule has 2 saturated heterocycles. The largest absolute Gasteiger partial charge is 0.373 e. The summed E-state index contributed by atoms with van der Waals surface area (Å²) in [4.78, 5) is 4.43. The molecule has 3 unspecified atom stereocenters. The van der Waals surface area contributed by atoms with E-state index < -0.39 is 0 Å². The number of nitrogens with two attached hydrogens (primary N) is 1. The van der Waals surface area contributed by atoms with Crippen molar-refractivity contribution in [2.75, 3.05) is 5.73 Å². The van der Waals surface area contributed by atoms with E-state index in [1.807, 2.05) is 18.2 Å². The molecule has 2 aliphatic rings. The van der Waals surface area contributed by atoms with Crippen LogP contribution in [0.15, 0.2) is 24.3 Å². The fourth-order valence-electron chi connectivity index (χ4n) is 3.29. The Bertz CT molecular complexity index is 577. The second kappa shape index (κ2) is 3.23. The van der Waals surface area contributed by atoms with E-state index in [2.05, 4.69) is 15.6 Å². The number of hydrogen-bond acceptors (Lipinski definition) is 3. The predicted molar refractivity (Wildman–Crippen MR) is 65.7 cm³/mol. The Labute approximate surface area is 99.4 Å². The van der Waals surface area contributed by atoms with Crippen molar-refractivity contribution in [2.45, 2.75) is 37.5 Å². The lowest BCUT2D eigenvalue weighted by Gasteiger charge is -2.21. The third kappa shape index (κ3) is 1.24. The summed E-state index contributed by atoms with van der Waals surface area (Å²) >= 11 is 0. The van der Waals surface area contributed by atoms with Crippen molar-refractivity contribution in [2.24, 2.45) is 0 Å². The first-order valence-corrected chi connectivity index (χ1v) is 6.21. The zero-order chi connectivity index (χ0) is 11.4. The molecular weight excluding hydrogens is 214 g/mol. The number of benzene rings is 1. The molecule has 2 bridgehead atoms. The van der Waals surface area contributed by atoms with Crippen molar-refractivity contribution in [3.63, 3.8) is 0 Å². The topological polar surface area (TPSA) is 53.1 Å². The van der Waals surface area contributed by atoms with Crippen molar-refractivity contribution in [3.05, 3.63) is 24.3 Å². The van der Waals surface area contributed by atoms with Crippen LogP contribution in [-0.2, 0) is 4.74 Å². The molecule has 3 atom stereocenters. The third-order valence-electron chi connectivity index (χ3n) is 4.03. The van der Waals surface area contributed by atoms with E-state index >= 15 is 0 Å². The van der Waals surface area contributed by atoms with Crippen LogP contribution in [0, 0.1) is 0 Å². The van der Waals surface area contributed by atoms with Crippen molar-refractivity contribution < 1.29 is 4.74 Å². The van der Waals surface area contributed by atoms with E-state index in [9.17, 15) is 0 Å². The molecule has 2 fully saturated rings. The summed E-state index contributed by atoms with van der Waals surface area (Å²) in [5, 5.41) is 0. The van der Waals surface area contributed by atoms with Crippen LogP contribution in [0.25, 0.3) is 11.0 Å². The zero-order valence-corrected chi connectivity index (χ0v) is 9.54. The van der Waals surface area contributed by atoms with Gasteiger partial charge in [-0.25, -0.2) is 4.98 Å². The lowest BCUT2D eigenvalue weighted by molar-refractivity contribution is 0.0945. The lowest BCUT2D eigenvalue weighted by atomic mass is 9.95. The van der Waals surface area contributed by atoms with Crippen molar-refractivity contribution in [1.29, 1.82) is 0 Å². The molecule has 2 aromatic rings. The Morgan fingerprint density at radius 1 is 1.29 bits per heavy atom. The van der Waals surface area contributed by atoms with Crippen molar-refractivity contribution >= 4 is 17.0 Å². The van der Waals surface area contributed by atoms with Gasteiger partial charge in [-0.2, -0.15) is 0 Å². The second-order valence-corrected chi connectivity index (χ2v) is 5.01. The highest BCUT2D eigenvalue weighted by Crippen LogP contribution is 2.43. The number of fused-ring (bicyclic) bond motifs is 3. The summed E-state index contributed by atoms with van der Waals surface area (Å²) in [6.07, 6.45) is 4.20. The molecule has 2 N–H and O–H groups in total. The van der Waals surface area contributed by atoms with Crippen molar-refractivity contribution in [1.82, 2.24) is 9.55 Å². The zero-order valence-electron chi connectivity index (χ0n) is 9.54. The van der Waals surface area contributed by atoms with Gasteiger partial charge in [0, 0.05) is 0 Å². The monoisotopic (exact) mass is 229 g/mol. The maximum Gasteiger partial charge on any atom is 0.201 e. The SMILES string of the molecule is Nc1nc2ccccc2n1C1CC2CCC1O2. The summed E-state index contributed by atoms with van der Waals surface area (Å²) in [5.41, 5.74) is 8.17. The summed E-state index contributed by atoms with van der Waals surface area (Å²) in [6, 6.07) is 8.51. The average molecular weight is 229 g/mol. The summed E-state index contributed by atoms with van der Waals surface area (Å²) < 4.78 is 8.07. The minimum Gasteiger partial charge on any atom is -0.373 e. The molecule has 0 spiro atoms. The Morgan fingerprint density at radius 3 is 2.94 bits per heavy atom. The molecule has 1 aromatic heterocycles. The van der Waals surface area contributed by atoms with Gasteiger partial charge in [0.25, 0.3) is 0 Å². The van der Waals surface area contributed by atoms with Gasteiger partial charge in [0.15, 0.2) is 0 Å². The van der Waals surface area contributed by atoms with Crippen LogP contribution in [0.2, 0.25) is 0 Å². The van der Waals surface area contributed by atoms with Gasteiger partial charge < -0.3 is 15.0 Å². The maximum absolute atomic E-state index is 6.06. The van der Waals surface area contributed by atoms with Gasteiger partial charge in [-0.05, 0) is 31.4 Å². The quantitative estimate of drug-likeness (QED) is 0.814. The molecular formula is C13H15N3O. The number of anilines is 1. The van der Waals surface area contributed by atoms with Crippen LogP contribution in [0.5, 0.6) is 0 Å². The maximum atomic E-state index is 6.06. The van der Waals surface area contributed by atoms with Crippen LogP contribution < -0.4 is 5.73 Å². The molecule has 17 heavy (non-hydrogen) atoms. The fourth-order valence-corrected chi connectivity index (χ4v) is 3.29. The van der Waals surface area contributed by atoms with E-state index in [0.29, 0.717) is 24.2 Å².